The third-order valence-corrected chi connectivity index (χ3v) is 2.36. The SMILES string of the molecule is CN=C(SC)N1CC(N)C1. The lowest BCUT2D eigenvalue weighted by molar-refractivity contribution is 0.259. The molecule has 0 radical (unpaired) electrons. The van der Waals surface area contributed by atoms with Crippen LogP contribution in [0.15, 0.2) is 4.99 Å². The molecule has 10 heavy (non-hydrogen) atoms. The second-order valence-electron chi connectivity index (χ2n) is 2.38. The van der Waals surface area contributed by atoms with Gasteiger partial charge < -0.3 is 10.6 Å². The van der Waals surface area contributed by atoms with Crippen LogP contribution in [0.25, 0.3) is 0 Å². The summed E-state index contributed by atoms with van der Waals surface area (Å²) in [6.45, 7) is 1.93. The number of hydrogen-bond acceptors (Lipinski definition) is 3. The van der Waals surface area contributed by atoms with Crippen LogP contribution in [0.1, 0.15) is 0 Å². The van der Waals surface area contributed by atoms with Crippen LogP contribution in [0.3, 0.4) is 0 Å². The maximum absolute atomic E-state index is 5.61. The molecule has 0 aromatic rings. The summed E-state index contributed by atoms with van der Waals surface area (Å²) in [5.41, 5.74) is 5.61. The monoisotopic (exact) mass is 159 g/mol. The first kappa shape index (κ1) is 7.88. The van der Waals surface area contributed by atoms with Gasteiger partial charge in [0, 0.05) is 26.2 Å². The molecular weight excluding hydrogens is 146 g/mol. The van der Waals surface area contributed by atoms with E-state index in [1.807, 2.05) is 13.3 Å². The Morgan fingerprint density at radius 1 is 1.70 bits per heavy atom. The molecule has 58 valence electrons. The number of nitrogens with zero attached hydrogens (tertiary/aromatic N) is 2. The fraction of sp³-hybridized carbons (Fsp3) is 0.833. The minimum Gasteiger partial charge on any atom is -0.348 e. The summed E-state index contributed by atoms with van der Waals surface area (Å²) in [4.78, 5) is 6.30. The molecule has 0 aliphatic carbocycles. The second-order valence-corrected chi connectivity index (χ2v) is 3.15. The summed E-state index contributed by atoms with van der Waals surface area (Å²) < 4.78 is 0. The van der Waals surface area contributed by atoms with Gasteiger partial charge in [0.2, 0.25) is 0 Å². The van der Waals surface area contributed by atoms with E-state index < -0.39 is 0 Å². The van der Waals surface area contributed by atoms with E-state index in [4.69, 9.17) is 5.73 Å². The summed E-state index contributed by atoms with van der Waals surface area (Å²) in [7, 11) is 1.82. The molecule has 0 bridgehead atoms. The Balaban J connectivity index is 2.36. The van der Waals surface area contributed by atoms with Gasteiger partial charge in [0.05, 0.1) is 0 Å². The van der Waals surface area contributed by atoms with E-state index in [1.54, 1.807) is 11.8 Å². The molecule has 3 nitrogen and oxygen atoms in total. The fourth-order valence-electron chi connectivity index (χ4n) is 1.03. The van der Waals surface area contributed by atoms with Gasteiger partial charge in [-0.25, -0.2) is 0 Å². The zero-order valence-electron chi connectivity index (χ0n) is 6.37. The molecule has 4 heteroatoms. The van der Waals surface area contributed by atoms with Crippen molar-refractivity contribution in [3.63, 3.8) is 0 Å². The maximum Gasteiger partial charge on any atom is 0.158 e. The Kier molecular flexibility index (Phi) is 2.56. The molecule has 0 spiro atoms. The van der Waals surface area contributed by atoms with Gasteiger partial charge in [-0.2, -0.15) is 0 Å². The largest absolute Gasteiger partial charge is 0.348 e. The minimum atomic E-state index is 0.365. The quantitative estimate of drug-likeness (QED) is 0.399. The van der Waals surface area contributed by atoms with E-state index in [9.17, 15) is 0 Å². The highest BCUT2D eigenvalue weighted by Gasteiger charge is 2.24. The Bertz CT molecular complexity index is 140. The molecule has 1 heterocycles. The van der Waals surface area contributed by atoms with Gasteiger partial charge in [-0.1, -0.05) is 11.8 Å². The summed E-state index contributed by atoms with van der Waals surface area (Å²) in [6.07, 6.45) is 2.03. The molecule has 1 saturated heterocycles. The molecule has 2 N–H and O–H groups in total. The van der Waals surface area contributed by atoms with E-state index in [0.717, 1.165) is 18.3 Å². The molecule has 0 saturated carbocycles. The number of amidine groups is 1. The first-order valence-electron chi connectivity index (χ1n) is 3.29. The first-order chi connectivity index (χ1) is 4.77. The maximum atomic E-state index is 5.61. The molecule has 0 atom stereocenters. The van der Waals surface area contributed by atoms with Gasteiger partial charge in [-0.3, -0.25) is 4.99 Å². The van der Waals surface area contributed by atoms with Crippen molar-refractivity contribution in [1.29, 1.82) is 0 Å². The van der Waals surface area contributed by atoms with Gasteiger partial charge in [-0.05, 0) is 6.26 Å². The lowest BCUT2D eigenvalue weighted by atomic mass is 10.2. The van der Waals surface area contributed by atoms with Crippen molar-refractivity contribution in [2.75, 3.05) is 26.4 Å². The van der Waals surface area contributed by atoms with Gasteiger partial charge in [0.15, 0.2) is 5.17 Å². The molecule has 1 aliphatic rings. The van der Waals surface area contributed by atoms with E-state index in [0.29, 0.717) is 6.04 Å². The molecule has 1 rings (SSSR count). The lowest BCUT2D eigenvalue weighted by Crippen LogP contribution is -2.57. The normalized spacial score (nSPS) is 21.1. The van der Waals surface area contributed by atoms with Crippen LogP contribution < -0.4 is 5.73 Å². The standard InChI is InChI=1S/C6H13N3S/c1-8-6(10-2)9-3-5(7)4-9/h5H,3-4,7H2,1-2H3. The van der Waals surface area contributed by atoms with Crippen molar-refractivity contribution >= 4 is 16.9 Å². The van der Waals surface area contributed by atoms with Crippen LogP contribution in [0.5, 0.6) is 0 Å². The summed E-state index contributed by atoms with van der Waals surface area (Å²) in [6, 6.07) is 0.365. The summed E-state index contributed by atoms with van der Waals surface area (Å²) in [5.74, 6) is 0. The molecule has 0 unspecified atom stereocenters. The van der Waals surface area contributed by atoms with Crippen LogP contribution in [-0.2, 0) is 0 Å². The van der Waals surface area contributed by atoms with Crippen LogP contribution >= 0.6 is 11.8 Å². The zero-order chi connectivity index (χ0) is 7.56. The van der Waals surface area contributed by atoms with Crippen molar-refractivity contribution in [2.24, 2.45) is 10.7 Å². The average Bonchev–Trinajstić information content (AvgIpc) is 1.87. The number of likely N-dealkylation sites (tertiary alicyclic amines) is 1. The fourth-order valence-corrected chi connectivity index (χ4v) is 1.62. The number of thioether (sulfide) groups is 1. The van der Waals surface area contributed by atoms with E-state index in [-0.39, 0.29) is 0 Å². The smallest absolute Gasteiger partial charge is 0.158 e. The Labute approximate surface area is 65.7 Å². The summed E-state index contributed by atoms with van der Waals surface area (Å²) in [5, 5.41) is 1.10. The lowest BCUT2D eigenvalue weighted by Gasteiger charge is -2.38. The average molecular weight is 159 g/mol. The van der Waals surface area contributed by atoms with Gasteiger partial charge in [0.1, 0.15) is 0 Å². The Morgan fingerprint density at radius 3 is 2.60 bits per heavy atom. The number of rotatable bonds is 0. The highest BCUT2D eigenvalue weighted by molar-refractivity contribution is 8.13. The first-order valence-corrected chi connectivity index (χ1v) is 4.51. The van der Waals surface area contributed by atoms with Crippen molar-refractivity contribution in [2.45, 2.75) is 6.04 Å². The Morgan fingerprint density at radius 2 is 2.30 bits per heavy atom. The third-order valence-electron chi connectivity index (χ3n) is 1.55. The molecule has 0 aromatic carbocycles. The van der Waals surface area contributed by atoms with Crippen LogP contribution in [-0.4, -0.2) is 42.5 Å². The summed E-state index contributed by atoms with van der Waals surface area (Å²) >= 11 is 1.68. The van der Waals surface area contributed by atoms with Crippen molar-refractivity contribution < 1.29 is 0 Å². The van der Waals surface area contributed by atoms with Crippen LogP contribution in [0.2, 0.25) is 0 Å². The zero-order valence-corrected chi connectivity index (χ0v) is 7.19. The van der Waals surface area contributed by atoms with Crippen LogP contribution in [0, 0.1) is 0 Å². The van der Waals surface area contributed by atoms with Crippen LogP contribution in [0.4, 0.5) is 0 Å². The number of hydrogen-bond donors (Lipinski definition) is 1. The highest BCUT2D eigenvalue weighted by atomic mass is 32.2. The minimum absolute atomic E-state index is 0.365. The number of aliphatic imine (C=N–C) groups is 1. The van der Waals surface area contributed by atoms with Gasteiger partial charge >= 0.3 is 0 Å². The van der Waals surface area contributed by atoms with Gasteiger partial charge in [0.25, 0.3) is 0 Å². The van der Waals surface area contributed by atoms with Crippen molar-refractivity contribution in [3.05, 3.63) is 0 Å². The Hall–Kier alpha value is -0.220. The van der Waals surface area contributed by atoms with Crippen molar-refractivity contribution in [3.8, 4) is 0 Å². The topological polar surface area (TPSA) is 41.6 Å². The third kappa shape index (κ3) is 1.44. The van der Waals surface area contributed by atoms with E-state index >= 15 is 0 Å². The second kappa shape index (κ2) is 3.25. The highest BCUT2D eigenvalue weighted by Crippen LogP contribution is 2.12. The molecule has 0 aromatic heterocycles. The predicted molar refractivity (Wildman–Crippen MR) is 46.4 cm³/mol. The van der Waals surface area contributed by atoms with Gasteiger partial charge in [-0.15, -0.1) is 0 Å². The predicted octanol–water partition coefficient (Wildman–Crippen LogP) is -0.0219. The molecule has 0 amide bonds. The molecular formula is C6H13N3S. The molecule has 1 aliphatic heterocycles. The van der Waals surface area contributed by atoms with Crippen molar-refractivity contribution in [1.82, 2.24) is 4.90 Å². The molecule has 1 fully saturated rings. The van der Waals surface area contributed by atoms with E-state index in [2.05, 4.69) is 9.89 Å². The number of nitrogens with two attached hydrogens (primary N) is 1. The van der Waals surface area contributed by atoms with E-state index in [1.165, 1.54) is 0 Å².